The molecule has 0 unspecified atom stereocenters. The van der Waals surface area contributed by atoms with Gasteiger partial charge in [-0.3, -0.25) is 0 Å². The van der Waals surface area contributed by atoms with E-state index in [1.54, 1.807) is 0 Å². The molecule has 0 bridgehead atoms. The quantitative estimate of drug-likeness (QED) is 0.278. The highest BCUT2D eigenvalue weighted by molar-refractivity contribution is 5.95. The number of aryl methyl sites for hydroxylation is 3. The summed E-state index contributed by atoms with van der Waals surface area (Å²) < 4.78 is 25.5. The number of aromatic nitrogens is 1. The Hall–Kier alpha value is -2.66. The second kappa shape index (κ2) is 11.8. The molecular formula is C31H38ClNO4. The smallest absolute Gasteiger partial charge is 0.231 e. The Morgan fingerprint density at radius 2 is 1.41 bits per heavy atom. The minimum Gasteiger partial charge on any atom is -1.00 e. The lowest BCUT2D eigenvalue weighted by molar-refractivity contribution is -0.686. The van der Waals surface area contributed by atoms with E-state index in [9.17, 15) is 0 Å². The van der Waals surface area contributed by atoms with Crippen molar-refractivity contribution in [2.24, 2.45) is 0 Å². The van der Waals surface area contributed by atoms with Crippen molar-refractivity contribution >= 4 is 10.8 Å². The number of hydrogen-bond acceptors (Lipinski definition) is 4. The lowest BCUT2D eigenvalue weighted by Crippen LogP contribution is -3.00. The summed E-state index contributed by atoms with van der Waals surface area (Å²) in [5.74, 6) is 3.48. The van der Waals surface area contributed by atoms with Gasteiger partial charge in [-0.1, -0.05) is 64.7 Å². The number of ether oxygens (including phenoxy) is 4. The molecule has 0 spiro atoms. The molecule has 5 nitrogen and oxygen atoms in total. The number of nitrogens with zero attached hydrogens (tertiary/aromatic N) is 1. The second-order valence-corrected chi connectivity index (χ2v) is 10.5. The van der Waals surface area contributed by atoms with Gasteiger partial charge in [-0.25, -0.2) is 0 Å². The molecule has 198 valence electrons. The van der Waals surface area contributed by atoms with Crippen molar-refractivity contribution in [3.63, 3.8) is 0 Å². The Balaban J connectivity index is 0.00000280. The average Bonchev–Trinajstić information content (AvgIpc) is 3.57. The van der Waals surface area contributed by atoms with Crippen LogP contribution in [0.1, 0.15) is 82.3 Å². The molecule has 37 heavy (non-hydrogen) atoms. The molecule has 1 aromatic heterocycles. The highest BCUT2D eigenvalue weighted by Crippen LogP contribution is 2.45. The molecule has 2 aromatic carbocycles. The maximum absolute atomic E-state index is 5.92. The van der Waals surface area contributed by atoms with Gasteiger partial charge in [0.2, 0.25) is 19.3 Å². The van der Waals surface area contributed by atoms with E-state index in [1.165, 1.54) is 97.4 Å². The molecule has 0 saturated heterocycles. The highest BCUT2D eigenvalue weighted by atomic mass is 35.5. The van der Waals surface area contributed by atoms with Crippen LogP contribution in [0.4, 0.5) is 0 Å². The average molecular weight is 524 g/mol. The van der Waals surface area contributed by atoms with Gasteiger partial charge in [0.05, 0.1) is 10.9 Å². The number of rotatable bonds is 11. The first-order valence-electron chi connectivity index (χ1n) is 14.0. The molecule has 0 aliphatic carbocycles. The van der Waals surface area contributed by atoms with E-state index >= 15 is 0 Å². The van der Waals surface area contributed by atoms with Gasteiger partial charge in [-0.2, -0.15) is 4.57 Å². The van der Waals surface area contributed by atoms with Crippen molar-refractivity contribution in [3.05, 3.63) is 41.6 Å². The van der Waals surface area contributed by atoms with Gasteiger partial charge in [-0.15, -0.1) is 0 Å². The van der Waals surface area contributed by atoms with Gasteiger partial charge in [0.25, 0.3) is 0 Å². The first kappa shape index (κ1) is 26.0. The van der Waals surface area contributed by atoms with Gasteiger partial charge in [0.15, 0.2) is 35.7 Å². The number of unbranched alkanes of at least 4 members (excludes halogenated alkanes) is 9. The molecule has 0 atom stereocenters. The summed E-state index contributed by atoms with van der Waals surface area (Å²) in [6, 6.07) is 8.70. The first-order valence-corrected chi connectivity index (χ1v) is 14.0. The van der Waals surface area contributed by atoms with E-state index < -0.39 is 0 Å². The van der Waals surface area contributed by atoms with Crippen molar-refractivity contribution in [2.45, 2.75) is 90.5 Å². The maximum Gasteiger partial charge on any atom is 0.231 e. The zero-order chi connectivity index (χ0) is 24.3. The molecule has 3 aromatic rings. The number of hydrogen-bond donors (Lipinski definition) is 0. The molecule has 0 fully saturated rings. The van der Waals surface area contributed by atoms with Crippen LogP contribution in [0.3, 0.4) is 0 Å². The molecule has 0 N–H and O–H groups in total. The van der Waals surface area contributed by atoms with Crippen molar-refractivity contribution in [2.75, 3.05) is 13.6 Å². The largest absolute Gasteiger partial charge is 1.00 e. The molecule has 4 heterocycles. The van der Waals surface area contributed by atoms with Crippen LogP contribution in [-0.4, -0.2) is 13.6 Å². The summed E-state index contributed by atoms with van der Waals surface area (Å²) in [6.45, 7) is 3.85. The second-order valence-electron chi connectivity index (χ2n) is 10.5. The fourth-order valence-electron chi connectivity index (χ4n) is 6.09. The Bertz CT molecular complexity index is 1260. The van der Waals surface area contributed by atoms with Crippen LogP contribution in [-0.2, 0) is 19.4 Å². The third kappa shape index (κ3) is 5.20. The third-order valence-corrected chi connectivity index (χ3v) is 8.02. The van der Waals surface area contributed by atoms with E-state index in [-0.39, 0.29) is 12.4 Å². The molecule has 0 amide bonds. The van der Waals surface area contributed by atoms with Crippen LogP contribution >= 0.6 is 0 Å². The van der Waals surface area contributed by atoms with E-state index in [1.807, 2.05) is 0 Å². The Kier molecular flexibility index (Phi) is 8.29. The number of fused-ring (bicyclic) bond motifs is 7. The van der Waals surface area contributed by atoms with E-state index in [0.29, 0.717) is 13.6 Å². The summed E-state index contributed by atoms with van der Waals surface area (Å²) in [5.41, 5.74) is 5.39. The SMILES string of the molecule is CCCCCCCCCCCCc1c2[n+](cc3c4c(ccc13)OCO4)CCc1cc3c(cc1-2)OCO3.[Cl-]. The van der Waals surface area contributed by atoms with Crippen LogP contribution < -0.4 is 35.9 Å². The predicted octanol–water partition coefficient (Wildman–Crippen LogP) is 4.28. The van der Waals surface area contributed by atoms with Crippen LogP contribution in [0.5, 0.6) is 23.0 Å². The van der Waals surface area contributed by atoms with Crippen molar-refractivity contribution in [3.8, 4) is 34.3 Å². The molecule has 6 heteroatoms. The summed E-state index contributed by atoms with van der Waals surface area (Å²) in [5, 5.41) is 2.45. The molecular weight excluding hydrogens is 486 g/mol. The Morgan fingerprint density at radius 3 is 2.19 bits per heavy atom. The zero-order valence-corrected chi connectivity index (χ0v) is 22.7. The lowest BCUT2D eigenvalue weighted by atomic mass is 9.89. The molecule has 0 radical (unpaired) electrons. The van der Waals surface area contributed by atoms with Crippen LogP contribution in [0.2, 0.25) is 0 Å². The highest BCUT2D eigenvalue weighted by Gasteiger charge is 2.32. The monoisotopic (exact) mass is 523 g/mol. The molecule has 0 saturated carbocycles. The summed E-state index contributed by atoms with van der Waals surface area (Å²) in [7, 11) is 0. The third-order valence-electron chi connectivity index (χ3n) is 8.02. The fourth-order valence-corrected chi connectivity index (χ4v) is 6.09. The Labute approximate surface area is 226 Å². The summed E-state index contributed by atoms with van der Waals surface area (Å²) in [6.07, 6.45) is 17.8. The van der Waals surface area contributed by atoms with Crippen molar-refractivity contribution in [1.29, 1.82) is 0 Å². The topological polar surface area (TPSA) is 40.8 Å². The zero-order valence-electron chi connectivity index (χ0n) is 22.0. The number of halogens is 1. The standard InChI is InChI=1S/C31H38NO4.ClH/c1-2-3-4-5-6-7-8-9-10-11-12-24-23-13-14-27-31(36-21-33-27)26(23)19-32-16-15-22-17-28-29(35-20-34-28)18-25(22)30(24)32;/h13-14,17-19H,2-12,15-16,20-21H2,1H3;1H/q+1;/p-1. The fraction of sp³-hybridized carbons (Fsp3) is 0.516. The minimum atomic E-state index is 0. The van der Waals surface area contributed by atoms with E-state index in [4.69, 9.17) is 18.9 Å². The maximum atomic E-state index is 5.92. The van der Waals surface area contributed by atoms with Crippen LogP contribution in [0.15, 0.2) is 30.5 Å². The van der Waals surface area contributed by atoms with Crippen LogP contribution in [0.25, 0.3) is 22.0 Å². The van der Waals surface area contributed by atoms with E-state index in [0.717, 1.165) is 42.4 Å². The lowest BCUT2D eigenvalue weighted by Gasteiger charge is -2.20. The minimum absolute atomic E-state index is 0. The van der Waals surface area contributed by atoms with Gasteiger partial charge in [0, 0.05) is 17.4 Å². The van der Waals surface area contributed by atoms with Crippen molar-refractivity contribution in [1.82, 2.24) is 0 Å². The molecule has 6 rings (SSSR count). The van der Waals surface area contributed by atoms with Gasteiger partial charge >= 0.3 is 0 Å². The molecule has 3 aliphatic heterocycles. The first-order chi connectivity index (χ1) is 17.8. The van der Waals surface area contributed by atoms with E-state index in [2.05, 4.69) is 42.0 Å². The van der Waals surface area contributed by atoms with Crippen LogP contribution in [0, 0.1) is 0 Å². The molecule has 3 aliphatic rings. The number of benzene rings is 2. The predicted molar refractivity (Wildman–Crippen MR) is 141 cm³/mol. The van der Waals surface area contributed by atoms with Gasteiger partial charge < -0.3 is 31.4 Å². The summed E-state index contributed by atoms with van der Waals surface area (Å²) >= 11 is 0. The Morgan fingerprint density at radius 1 is 0.730 bits per heavy atom. The number of pyridine rings is 1. The normalized spacial score (nSPS) is 14.4. The van der Waals surface area contributed by atoms with Crippen molar-refractivity contribution < 1.29 is 35.9 Å². The summed E-state index contributed by atoms with van der Waals surface area (Å²) in [4.78, 5) is 0. The van der Waals surface area contributed by atoms with Gasteiger partial charge in [-0.05, 0) is 42.7 Å². The van der Waals surface area contributed by atoms with Gasteiger partial charge in [0.1, 0.15) is 0 Å².